The number of amides is 2. The van der Waals surface area contributed by atoms with Crippen molar-refractivity contribution < 1.29 is 14.3 Å². The lowest BCUT2D eigenvalue weighted by atomic mass is 9.96. The fraction of sp³-hybridized carbons (Fsp3) is 0.476. The number of imide groups is 1. The minimum Gasteiger partial charge on any atom is -0.441 e. The Balaban J connectivity index is 2.26. The second-order valence-electron chi connectivity index (χ2n) is 8.10. The van der Waals surface area contributed by atoms with Crippen LogP contribution in [-0.4, -0.2) is 21.6 Å². The summed E-state index contributed by atoms with van der Waals surface area (Å²) in [7, 11) is 0. The van der Waals surface area contributed by atoms with E-state index >= 15 is 0 Å². The molecule has 0 bridgehead atoms. The Kier molecular flexibility index (Phi) is 8.25. The molecular weight excluding hydrogens is 445 g/mol. The lowest BCUT2D eigenvalue weighted by Gasteiger charge is -2.16. The van der Waals surface area contributed by atoms with Gasteiger partial charge < -0.3 is 9.30 Å². The molecule has 2 aromatic rings. The number of alkyl carbamates (subject to hydrolysis) is 1. The van der Waals surface area contributed by atoms with Gasteiger partial charge in [-0.1, -0.05) is 69.6 Å². The van der Waals surface area contributed by atoms with E-state index in [-0.39, 0.29) is 12.5 Å². The maximum atomic E-state index is 12.0. The second-order valence-corrected chi connectivity index (χ2v) is 10.0. The predicted molar refractivity (Wildman–Crippen MR) is 120 cm³/mol. The zero-order chi connectivity index (χ0) is 22.6. The van der Waals surface area contributed by atoms with Gasteiger partial charge in [0, 0.05) is 26.9 Å². The van der Waals surface area contributed by atoms with Crippen LogP contribution in [0.3, 0.4) is 0 Å². The predicted octanol–water partition coefficient (Wildman–Crippen LogP) is 6.28. The summed E-state index contributed by atoms with van der Waals surface area (Å²) in [6.07, 6.45) is -0.789. The molecule has 164 valence electrons. The molecule has 0 saturated heterocycles. The number of ether oxygens (including phenoxy) is 1. The van der Waals surface area contributed by atoms with Crippen LogP contribution < -0.4 is 5.32 Å². The summed E-state index contributed by atoms with van der Waals surface area (Å²) >= 11 is 13.8. The lowest BCUT2D eigenvalue weighted by molar-refractivity contribution is -0.127. The summed E-state index contributed by atoms with van der Waals surface area (Å²) < 4.78 is 7.26. The van der Waals surface area contributed by atoms with Crippen LogP contribution in [0.1, 0.15) is 59.0 Å². The van der Waals surface area contributed by atoms with Crippen molar-refractivity contribution in [2.45, 2.75) is 70.5 Å². The highest BCUT2D eigenvalue weighted by atomic mass is 35.5. The van der Waals surface area contributed by atoms with Gasteiger partial charge in [0.2, 0.25) is 5.91 Å². The molecule has 9 heteroatoms. The van der Waals surface area contributed by atoms with Crippen molar-refractivity contribution in [2.75, 3.05) is 0 Å². The van der Waals surface area contributed by atoms with E-state index in [0.717, 1.165) is 15.6 Å². The average Bonchev–Trinajstić information content (AvgIpc) is 2.95. The number of benzene rings is 1. The molecule has 0 aliphatic heterocycles. The van der Waals surface area contributed by atoms with E-state index < -0.39 is 17.4 Å². The highest BCUT2D eigenvalue weighted by Gasteiger charge is 2.25. The third-order valence-corrected chi connectivity index (χ3v) is 5.70. The zero-order valence-corrected chi connectivity index (χ0v) is 20.3. The molecule has 30 heavy (non-hydrogen) atoms. The SMILES string of the molecule is CCn1c(COC(=O)NC(=O)C(C)(C)C)nc(C(C)C)c1Sc1cc(Cl)cc(Cl)c1. The summed E-state index contributed by atoms with van der Waals surface area (Å²) in [6, 6.07) is 5.37. The standard InChI is InChI=1S/C21H27Cl2N3O3S/c1-7-26-16(11-29-20(28)25-19(27)21(4,5)6)24-17(12(2)3)18(26)30-15-9-13(22)8-14(23)10-15/h8-10,12H,7,11H2,1-6H3,(H,25,27,28). The first-order valence-electron chi connectivity index (χ1n) is 9.63. The number of carbonyl (C=O) groups excluding carboxylic acids is 2. The van der Waals surface area contributed by atoms with Gasteiger partial charge in [0.05, 0.1) is 5.69 Å². The molecule has 1 heterocycles. The molecule has 1 N–H and O–H groups in total. The molecule has 2 amide bonds. The Morgan fingerprint density at radius 1 is 1.20 bits per heavy atom. The fourth-order valence-corrected chi connectivity index (χ4v) is 4.55. The minimum atomic E-state index is -0.789. The molecule has 1 aromatic carbocycles. The fourth-order valence-electron chi connectivity index (χ4n) is 2.57. The van der Waals surface area contributed by atoms with E-state index in [2.05, 4.69) is 19.2 Å². The van der Waals surface area contributed by atoms with E-state index in [9.17, 15) is 9.59 Å². The van der Waals surface area contributed by atoms with E-state index in [1.54, 1.807) is 26.8 Å². The Labute approximate surface area is 191 Å². The quantitative estimate of drug-likeness (QED) is 0.536. The van der Waals surface area contributed by atoms with Gasteiger partial charge in [-0.2, -0.15) is 0 Å². The van der Waals surface area contributed by atoms with Crippen molar-refractivity contribution in [2.24, 2.45) is 5.41 Å². The van der Waals surface area contributed by atoms with Crippen LogP contribution in [0.2, 0.25) is 10.0 Å². The maximum absolute atomic E-state index is 12.0. The van der Waals surface area contributed by atoms with Gasteiger partial charge in [-0.15, -0.1) is 0 Å². The van der Waals surface area contributed by atoms with Gasteiger partial charge >= 0.3 is 6.09 Å². The Morgan fingerprint density at radius 2 is 1.80 bits per heavy atom. The first-order chi connectivity index (χ1) is 13.9. The number of imidazole rings is 1. The van der Waals surface area contributed by atoms with Crippen molar-refractivity contribution in [3.05, 3.63) is 39.8 Å². The number of carbonyl (C=O) groups is 2. The highest BCUT2D eigenvalue weighted by Crippen LogP contribution is 2.37. The molecule has 0 atom stereocenters. The van der Waals surface area contributed by atoms with Crippen LogP contribution in [-0.2, 0) is 22.7 Å². The number of hydrogen-bond acceptors (Lipinski definition) is 5. The Bertz CT molecular complexity index is 916. The van der Waals surface area contributed by atoms with Crippen LogP contribution in [0.5, 0.6) is 0 Å². The van der Waals surface area contributed by atoms with Crippen molar-refractivity contribution >= 4 is 47.0 Å². The molecule has 2 rings (SSSR count). The smallest absolute Gasteiger partial charge is 0.414 e. The topological polar surface area (TPSA) is 73.2 Å². The lowest BCUT2D eigenvalue weighted by Crippen LogP contribution is -2.39. The first-order valence-corrected chi connectivity index (χ1v) is 11.2. The molecule has 0 aliphatic rings. The van der Waals surface area contributed by atoms with E-state index in [1.165, 1.54) is 11.8 Å². The zero-order valence-electron chi connectivity index (χ0n) is 18.0. The van der Waals surface area contributed by atoms with E-state index in [0.29, 0.717) is 22.4 Å². The first kappa shape index (κ1) is 24.6. The third kappa shape index (κ3) is 6.40. The third-order valence-electron chi connectivity index (χ3n) is 4.17. The summed E-state index contributed by atoms with van der Waals surface area (Å²) in [5, 5.41) is 4.31. The molecule has 1 aromatic heterocycles. The van der Waals surface area contributed by atoms with E-state index in [4.69, 9.17) is 32.9 Å². The van der Waals surface area contributed by atoms with Gasteiger partial charge in [0.1, 0.15) is 10.9 Å². The maximum Gasteiger partial charge on any atom is 0.414 e. The monoisotopic (exact) mass is 471 g/mol. The molecule has 0 saturated carbocycles. The van der Waals surface area contributed by atoms with Gasteiger partial charge in [0.15, 0.2) is 6.61 Å². The van der Waals surface area contributed by atoms with Crippen molar-refractivity contribution in [1.82, 2.24) is 14.9 Å². The Hall–Kier alpha value is -1.70. The average molecular weight is 472 g/mol. The molecular formula is C21H27Cl2N3O3S. The second kappa shape index (κ2) is 10.1. The molecule has 0 radical (unpaired) electrons. The number of nitrogens with zero attached hydrogens (tertiary/aromatic N) is 2. The molecule has 0 spiro atoms. The summed E-state index contributed by atoms with van der Waals surface area (Å²) in [4.78, 5) is 29.6. The van der Waals surface area contributed by atoms with Gasteiger partial charge in [-0.25, -0.2) is 9.78 Å². The van der Waals surface area contributed by atoms with Gasteiger partial charge in [-0.3, -0.25) is 10.1 Å². The van der Waals surface area contributed by atoms with Gasteiger partial charge in [-0.05, 0) is 31.0 Å². The van der Waals surface area contributed by atoms with Crippen molar-refractivity contribution in [3.8, 4) is 0 Å². The summed E-state index contributed by atoms with van der Waals surface area (Å²) in [5.41, 5.74) is 0.205. The van der Waals surface area contributed by atoms with Crippen LogP contribution in [0.25, 0.3) is 0 Å². The Morgan fingerprint density at radius 3 is 2.30 bits per heavy atom. The minimum absolute atomic E-state index is 0.0479. The van der Waals surface area contributed by atoms with Crippen LogP contribution >= 0.6 is 35.0 Å². The molecule has 6 nitrogen and oxygen atoms in total. The summed E-state index contributed by atoms with van der Waals surface area (Å²) in [5.74, 6) is 0.364. The van der Waals surface area contributed by atoms with Crippen molar-refractivity contribution in [1.29, 1.82) is 0 Å². The van der Waals surface area contributed by atoms with Crippen LogP contribution in [0.4, 0.5) is 4.79 Å². The largest absolute Gasteiger partial charge is 0.441 e. The molecule has 0 unspecified atom stereocenters. The van der Waals surface area contributed by atoms with Gasteiger partial charge in [0.25, 0.3) is 0 Å². The van der Waals surface area contributed by atoms with Crippen molar-refractivity contribution in [3.63, 3.8) is 0 Å². The number of nitrogens with one attached hydrogen (secondary N) is 1. The number of rotatable bonds is 6. The summed E-state index contributed by atoms with van der Waals surface area (Å²) in [6.45, 7) is 11.9. The molecule has 0 fully saturated rings. The molecule has 0 aliphatic carbocycles. The van der Waals surface area contributed by atoms with Crippen LogP contribution in [0, 0.1) is 5.41 Å². The number of aromatic nitrogens is 2. The van der Waals surface area contributed by atoms with E-state index in [1.807, 2.05) is 23.6 Å². The normalized spacial score (nSPS) is 11.6. The van der Waals surface area contributed by atoms with Crippen LogP contribution in [0.15, 0.2) is 28.1 Å². The number of halogens is 2. The number of hydrogen-bond donors (Lipinski definition) is 1. The highest BCUT2D eigenvalue weighted by molar-refractivity contribution is 7.99.